The van der Waals surface area contributed by atoms with Gasteiger partial charge in [-0.1, -0.05) is 6.08 Å². The van der Waals surface area contributed by atoms with Crippen LogP contribution in [-0.4, -0.2) is 53.3 Å². The third-order valence-corrected chi connectivity index (χ3v) is 3.53. The zero-order valence-corrected chi connectivity index (χ0v) is 9.74. The number of rotatable bonds is 2. The summed E-state index contributed by atoms with van der Waals surface area (Å²) in [6, 6.07) is -0.211. The predicted octanol–water partition coefficient (Wildman–Crippen LogP) is -0.253. The van der Waals surface area contributed by atoms with Crippen molar-refractivity contribution in [3.8, 4) is 0 Å². The standard InChI is InChI=1S/C11H15FN4O2/c12-7-3-6(4-17)18-10(7)8-1-2-9-11(13)14-5-15-16(8)9/h2,5-8,10,17H,1,3-4H2,(H2,13,14,15). The summed E-state index contributed by atoms with van der Waals surface area (Å²) >= 11 is 0. The number of hydrazone groups is 1. The van der Waals surface area contributed by atoms with E-state index >= 15 is 0 Å². The Morgan fingerprint density at radius 2 is 2.44 bits per heavy atom. The van der Waals surface area contributed by atoms with Crippen molar-refractivity contribution < 1.29 is 14.2 Å². The van der Waals surface area contributed by atoms with E-state index in [2.05, 4.69) is 10.1 Å². The molecule has 3 N–H and O–H groups in total. The van der Waals surface area contributed by atoms with Crippen LogP contribution >= 0.6 is 0 Å². The first-order valence-electron chi connectivity index (χ1n) is 5.96. The van der Waals surface area contributed by atoms with Crippen LogP contribution in [-0.2, 0) is 4.74 Å². The van der Waals surface area contributed by atoms with Crippen LogP contribution in [0.2, 0.25) is 0 Å². The summed E-state index contributed by atoms with van der Waals surface area (Å²) in [6.07, 6.45) is 2.00. The maximum absolute atomic E-state index is 13.9. The van der Waals surface area contributed by atoms with E-state index in [9.17, 15) is 4.39 Å². The van der Waals surface area contributed by atoms with Crippen molar-refractivity contribution >= 4 is 12.2 Å². The number of hydrogen-bond donors (Lipinski definition) is 2. The first-order chi connectivity index (χ1) is 8.70. The molecule has 98 valence electrons. The number of aliphatic imine (C=N–C) groups is 1. The second kappa shape index (κ2) is 4.33. The van der Waals surface area contributed by atoms with Crippen molar-refractivity contribution in [2.45, 2.75) is 37.3 Å². The lowest BCUT2D eigenvalue weighted by molar-refractivity contribution is -0.0326. The van der Waals surface area contributed by atoms with Crippen molar-refractivity contribution in [2.24, 2.45) is 15.8 Å². The number of ether oxygens (including phenoxy) is 1. The second-order valence-corrected chi connectivity index (χ2v) is 4.64. The zero-order chi connectivity index (χ0) is 12.7. The Labute approximate surface area is 104 Å². The van der Waals surface area contributed by atoms with Crippen molar-refractivity contribution in [3.63, 3.8) is 0 Å². The van der Waals surface area contributed by atoms with E-state index in [1.165, 1.54) is 6.34 Å². The summed E-state index contributed by atoms with van der Waals surface area (Å²) in [4.78, 5) is 3.90. The van der Waals surface area contributed by atoms with Crippen LogP contribution in [0.15, 0.2) is 21.9 Å². The quantitative estimate of drug-likeness (QED) is 0.711. The van der Waals surface area contributed by atoms with Gasteiger partial charge in [0.25, 0.3) is 0 Å². The lowest BCUT2D eigenvalue weighted by atomic mass is 10.0. The predicted molar refractivity (Wildman–Crippen MR) is 63.7 cm³/mol. The molecule has 3 aliphatic heterocycles. The van der Waals surface area contributed by atoms with Crippen molar-refractivity contribution in [1.82, 2.24) is 5.01 Å². The minimum atomic E-state index is -1.09. The molecule has 1 saturated heterocycles. The molecule has 6 nitrogen and oxygen atoms in total. The fraction of sp³-hybridized carbons (Fsp3) is 0.636. The number of nitrogens with zero attached hydrogens (tertiary/aromatic N) is 3. The molecule has 4 atom stereocenters. The Bertz CT molecular complexity index is 437. The van der Waals surface area contributed by atoms with Gasteiger partial charge >= 0.3 is 0 Å². The molecule has 0 aromatic heterocycles. The van der Waals surface area contributed by atoms with Crippen LogP contribution in [0, 0.1) is 0 Å². The molecule has 18 heavy (non-hydrogen) atoms. The van der Waals surface area contributed by atoms with E-state index in [0.29, 0.717) is 18.0 Å². The number of halogens is 1. The topological polar surface area (TPSA) is 83.4 Å². The van der Waals surface area contributed by atoms with Gasteiger partial charge in [-0.3, -0.25) is 5.01 Å². The van der Waals surface area contributed by atoms with Gasteiger partial charge in [-0.15, -0.1) is 0 Å². The van der Waals surface area contributed by atoms with Crippen LogP contribution in [0.1, 0.15) is 12.8 Å². The van der Waals surface area contributed by atoms with Crippen LogP contribution < -0.4 is 5.73 Å². The smallest absolute Gasteiger partial charge is 0.150 e. The summed E-state index contributed by atoms with van der Waals surface area (Å²) in [5, 5.41) is 14.8. The van der Waals surface area contributed by atoms with Gasteiger partial charge in [-0.2, -0.15) is 5.10 Å². The third-order valence-electron chi connectivity index (χ3n) is 3.53. The first kappa shape index (κ1) is 11.6. The monoisotopic (exact) mass is 254 g/mol. The van der Waals surface area contributed by atoms with Crippen molar-refractivity contribution in [2.75, 3.05) is 6.61 Å². The van der Waals surface area contributed by atoms with E-state index in [1.54, 1.807) is 5.01 Å². The number of amidine groups is 1. The summed E-state index contributed by atoms with van der Waals surface area (Å²) in [5.41, 5.74) is 6.46. The van der Waals surface area contributed by atoms with Crippen LogP contribution in [0.4, 0.5) is 4.39 Å². The molecule has 0 saturated carbocycles. The van der Waals surface area contributed by atoms with Gasteiger partial charge < -0.3 is 15.6 Å². The largest absolute Gasteiger partial charge is 0.394 e. The van der Waals surface area contributed by atoms with E-state index < -0.39 is 18.4 Å². The summed E-state index contributed by atoms with van der Waals surface area (Å²) in [7, 11) is 0. The third kappa shape index (κ3) is 1.70. The van der Waals surface area contributed by atoms with Crippen LogP contribution in [0.3, 0.4) is 0 Å². The van der Waals surface area contributed by atoms with E-state index in [1.807, 2.05) is 6.08 Å². The Kier molecular flexibility index (Phi) is 2.79. The highest BCUT2D eigenvalue weighted by Crippen LogP contribution is 2.34. The van der Waals surface area contributed by atoms with Crippen molar-refractivity contribution in [3.05, 3.63) is 11.8 Å². The molecular weight excluding hydrogens is 239 g/mol. The Hall–Kier alpha value is -1.47. The summed E-state index contributed by atoms with van der Waals surface area (Å²) in [5.74, 6) is 0.389. The SMILES string of the molecule is NC1=NC=NN2C1=CCC2C1OC(CO)CC1F. The fourth-order valence-electron chi connectivity index (χ4n) is 2.65. The normalized spacial score (nSPS) is 38.7. The number of aliphatic hydroxyl groups is 1. The fourth-order valence-corrected chi connectivity index (χ4v) is 2.65. The number of hydrogen-bond acceptors (Lipinski definition) is 6. The van der Waals surface area contributed by atoms with Crippen LogP contribution in [0.5, 0.6) is 0 Å². The Balaban J connectivity index is 1.77. The molecule has 0 bridgehead atoms. The molecule has 0 aliphatic carbocycles. The Morgan fingerprint density at radius 3 is 3.17 bits per heavy atom. The Morgan fingerprint density at radius 1 is 1.61 bits per heavy atom. The highest BCUT2D eigenvalue weighted by Gasteiger charge is 2.45. The van der Waals surface area contributed by atoms with E-state index in [0.717, 1.165) is 0 Å². The van der Waals surface area contributed by atoms with Gasteiger partial charge in [0.1, 0.15) is 18.6 Å². The first-order valence-corrected chi connectivity index (χ1v) is 5.96. The molecule has 0 spiro atoms. The van der Waals surface area contributed by atoms with Gasteiger partial charge in [-0.05, 0) is 6.42 Å². The second-order valence-electron chi connectivity index (χ2n) is 4.64. The molecule has 7 heteroatoms. The van der Waals surface area contributed by atoms with Gasteiger partial charge in [0, 0.05) is 6.42 Å². The number of fused-ring (bicyclic) bond motifs is 1. The molecule has 0 aromatic rings. The number of alkyl halides is 1. The molecule has 4 unspecified atom stereocenters. The minimum absolute atomic E-state index is 0.156. The molecule has 3 rings (SSSR count). The van der Waals surface area contributed by atoms with Crippen molar-refractivity contribution in [1.29, 1.82) is 0 Å². The van der Waals surface area contributed by atoms with Gasteiger partial charge in [-0.25, -0.2) is 9.38 Å². The molecule has 3 aliphatic rings. The van der Waals surface area contributed by atoms with Gasteiger partial charge in [0.2, 0.25) is 0 Å². The molecule has 3 heterocycles. The van der Waals surface area contributed by atoms with E-state index in [-0.39, 0.29) is 19.1 Å². The summed E-state index contributed by atoms with van der Waals surface area (Å²) < 4.78 is 19.5. The van der Waals surface area contributed by atoms with E-state index in [4.69, 9.17) is 15.6 Å². The highest BCUT2D eigenvalue weighted by molar-refractivity contribution is 6.02. The molecular formula is C11H15FN4O2. The van der Waals surface area contributed by atoms with Gasteiger partial charge in [0.15, 0.2) is 5.84 Å². The maximum Gasteiger partial charge on any atom is 0.150 e. The molecule has 0 amide bonds. The average molecular weight is 254 g/mol. The zero-order valence-electron chi connectivity index (χ0n) is 9.74. The molecule has 1 fully saturated rings. The highest BCUT2D eigenvalue weighted by atomic mass is 19.1. The molecule has 0 radical (unpaired) electrons. The van der Waals surface area contributed by atoms with Gasteiger partial charge in [0.05, 0.1) is 24.4 Å². The maximum atomic E-state index is 13.9. The van der Waals surface area contributed by atoms with Crippen LogP contribution in [0.25, 0.3) is 0 Å². The number of nitrogens with two attached hydrogens (primary N) is 1. The average Bonchev–Trinajstić information content (AvgIpc) is 2.93. The summed E-state index contributed by atoms with van der Waals surface area (Å²) in [6.45, 7) is -0.156. The lowest BCUT2D eigenvalue weighted by Gasteiger charge is -2.30. The number of aliphatic hydroxyl groups excluding tert-OH is 1. The molecule has 0 aromatic carbocycles. The lowest BCUT2D eigenvalue weighted by Crippen LogP contribution is -2.43. The minimum Gasteiger partial charge on any atom is -0.394 e.